The predicted octanol–water partition coefficient (Wildman–Crippen LogP) is 3.25. The van der Waals surface area contributed by atoms with Crippen LogP contribution in [0.25, 0.3) is 0 Å². The summed E-state index contributed by atoms with van der Waals surface area (Å²) in [6.45, 7) is 4.12. The van der Waals surface area contributed by atoms with E-state index in [1.807, 2.05) is 17.0 Å². The number of halogens is 2. The Kier molecular flexibility index (Phi) is 4.52. The summed E-state index contributed by atoms with van der Waals surface area (Å²) in [5.74, 6) is 0.116. The molecule has 2 aliphatic heterocycles. The third-order valence-corrected chi connectivity index (χ3v) is 5.85. The van der Waals surface area contributed by atoms with Crippen LogP contribution < -0.4 is 0 Å². The van der Waals surface area contributed by atoms with Gasteiger partial charge in [0.05, 0.1) is 5.02 Å². The molecule has 0 spiro atoms. The van der Waals surface area contributed by atoms with Crippen LogP contribution in [-0.4, -0.2) is 47.9 Å². The molecule has 0 saturated carbocycles. The van der Waals surface area contributed by atoms with Crippen molar-refractivity contribution >= 4 is 40.1 Å². The van der Waals surface area contributed by atoms with Gasteiger partial charge in [0.15, 0.2) is 0 Å². The largest absolute Gasteiger partial charge is 0.337 e. The van der Waals surface area contributed by atoms with Crippen molar-refractivity contribution in [3.8, 4) is 0 Å². The van der Waals surface area contributed by atoms with Gasteiger partial charge in [-0.1, -0.05) is 11.6 Å². The average Bonchev–Trinajstić information content (AvgIpc) is 3.11. The third kappa shape index (κ3) is 2.97. The maximum Gasteiger partial charge on any atom is 0.253 e. The Morgan fingerprint density at radius 3 is 2.70 bits per heavy atom. The minimum Gasteiger partial charge on any atom is -0.337 e. The number of rotatable bonds is 2. The minimum absolute atomic E-state index is 0.116. The first-order valence-corrected chi connectivity index (χ1v) is 8.59. The Bertz CT molecular complexity index is 517. The SMILES string of the molecule is O=C(c1ccc(I)c(Cl)c1)N1CCC(N2CCCC2)C1. The van der Waals surface area contributed by atoms with Crippen molar-refractivity contribution in [2.75, 3.05) is 26.2 Å². The topological polar surface area (TPSA) is 23.6 Å². The van der Waals surface area contributed by atoms with Crippen molar-refractivity contribution in [1.82, 2.24) is 9.80 Å². The first kappa shape index (κ1) is 14.6. The standard InChI is InChI=1S/C15H18ClIN2O/c16-13-9-11(3-4-14(13)17)15(20)19-8-5-12(10-19)18-6-1-2-7-18/h3-4,9,12H,1-2,5-8,10H2. The lowest BCUT2D eigenvalue weighted by atomic mass is 10.2. The van der Waals surface area contributed by atoms with Crippen LogP contribution in [0.5, 0.6) is 0 Å². The van der Waals surface area contributed by atoms with E-state index in [1.165, 1.54) is 25.9 Å². The van der Waals surface area contributed by atoms with Gasteiger partial charge < -0.3 is 4.90 Å². The molecule has 0 aliphatic carbocycles. The highest BCUT2D eigenvalue weighted by atomic mass is 127. The molecule has 0 radical (unpaired) electrons. The minimum atomic E-state index is 0.116. The molecule has 108 valence electrons. The first-order chi connectivity index (χ1) is 9.65. The number of hydrogen-bond acceptors (Lipinski definition) is 2. The van der Waals surface area contributed by atoms with Crippen molar-refractivity contribution in [1.29, 1.82) is 0 Å². The molecule has 1 amide bonds. The zero-order valence-corrected chi connectivity index (χ0v) is 14.2. The fraction of sp³-hybridized carbons (Fsp3) is 0.533. The van der Waals surface area contributed by atoms with Gasteiger partial charge in [-0.25, -0.2) is 0 Å². The summed E-state index contributed by atoms with van der Waals surface area (Å²) >= 11 is 8.29. The third-order valence-electron chi connectivity index (χ3n) is 4.27. The summed E-state index contributed by atoms with van der Waals surface area (Å²) in [6, 6.07) is 6.12. The lowest BCUT2D eigenvalue weighted by molar-refractivity contribution is 0.0780. The molecule has 0 N–H and O–H groups in total. The van der Waals surface area contributed by atoms with Crippen LogP contribution in [0.1, 0.15) is 29.6 Å². The number of amides is 1. The molecule has 2 aliphatic rings. The van der Waals surface area contributed by atoms with Crippen molar-refractivity contribution in [3.63, 3.8) is 0 Å². The Balaban J connectivity index is 1.67. The van der Waals surface area contributed by atoms with E-state index >= 15 is 0 Å². The molecular formula is C15H18ClIN2O. The van der Waals surface area contributed by atoms with Gasteiger partial charge in [-0.15, -0.1) is 0 Å². The van der Waals surface area contributed by atoms with Crippen LogP contribution in [0.15, 0.2) is 18.2 Å². The second-order valence-electron chi connectivity index (χ2n) is 5.57. The second-order valence-corrected chi connectivity index (χ2v) is 7.14. The fourth-order valence-corrected chi connectivity index (χ4v) is 3.66. The Hall–Kier alpha value is -0.330. The molecule has 3 rings (SSSR count). The maximum absolute atomic E-state index is 12.5. The molecule has 0 bridgehead atoms. The molecule has 0 aromatic heterocycles. The van der Waals surface area contributed by atoms with E-state index in [0.29, 0.717) is 16.6 Å². The van der Waals surface area contributed by atoms with Gasteiger partial charge in [-0.2, -0.15) is 0 Å². The van der Waals surface area contributed by atoms with E-state index in [2.05, 4.69) is 27.5 Å². The number of carbonyl (C=O) groups excluding carboxylic acids is 1. The number of nitrogens with zero attached hydrogens (tertiary/aromatic N) is 2. The average molecular weight is 405 g/mol. The zero-order chi connectivity index (χ0) is 14.1. The summed E-state index contributed by atoms with van der Waals surface area (Å²) in [7, 11) is 0. The molecule has 20 heavy (non-hydrogen) atoms. The predicted molar refractivity (Wildman–Crippen MR) is 89.3 cm³/mol. The number of carbonyl (C=O) groups is 1. The van der Waals surface area contributed by atoms with E-state index in [0.717, 1.165) is 23.1 Å². The highest BCUT2D eigenvalue weighted by Gasteiger charge is 2.31. The Morgan fingerprint density at radius 2 is 2.00 bits per heavy atom. The van der Waals surface area contributed by atoms with Crippen LogP contribution in [0.4, 0.5) is 0 Å². The number of benzene rings is 1. The van der Waals surface area contributed by atoms with Crippen LogP contribution in [-0.2, 0) is 0 Å². The normalized spacial score (nSPS) is 23.5. The highest BCUT2D eigenvalue weighted by Crippen LogP contribution is 2.24. The molecule has 5 heteroatoms. The first-order valence-electron chi connectivity index (χ1n) is 7.13. The molecular weight excluding hydrogens is 387 g/mol. The monoisotopic (exact) mass is 404 g/mol. The quantitative estimate of drug-likeness (QED) is 0.707. The van der Waals surface area contributed by atoms with Crippen molar-refractivity contribution in [3.05, 3.63) is 32.4 Å². The highest BCUT2D eigenvalue weighted by molar-refractivity contribution is 14.1. The zero-order valence-electron chi connectivity index (χ0n) is 11.3. The van der Waals surface area contributed by atoms with Crippen molar-refractivity contribution < 1.29 is 4.79 Å². The molecule has 1 aromatic rings. The lowest BCUT2D eigenvalue weighted by Gasteiger charge is -2.23. The van der Waals surface area contributed by atoms with Gasteiger partial charge in [0.25, 0.3) is 5.91 Å². The van der Waals surface area contributed by atoms with Crippen LogP contribution >= 0.6 is 34.2 Å². The van der Waals surface area contributed by atoms with Gasteiger partial charge in [0.1, 0.15) is 0 Å². The summed E-state index contributed by atoms with van der Waals surface area (Å²) in [5.41, 5.74) is 0.706. The van der Waals surface area contributed by atoms with E-state index in [1.54, 1.807) is 6.07 Å². The summed E-state index contributed by atoms with van der Waals surface area (Å²) in [5, 5.41) is 0.659. The molecule has 1 aromatic carbocycles. The van der Waals surface area contributed by atoms with Gasteiger partial charge in [0, 0.05) is 28.3 Å². The van der Waals surface area contributed by atoms with Crippen LogP contribution in [0, 0.1) is 3.57 Å². The Morgan fingerprint density at radius 1 is 1.25 bits per heavy atom. The lowest BCUT2D eigenvalue weighted by Crippen LogP contribution is -2.37. The summed E-state index contributed by atoms with van der Waals surface area (Å²) in [4.78, 5) is 17.0. The molecule has 2 heterocycles. The van der Waals surface area contributed by atoms with Crippen molar-refractivity contribution in [2.45, 2.75) is 25.3 Å². The van der Waals surface area contributed by atoms with Gasteiger partial charge in [0.2, 0.25) is 0 Å². The summed E-state index contributed by atoms with van der Waals surface area (Å²) in [6.07, 6.45) is 3.71. The molecule has 2 fully saturated rings. The van der Waals surface area contributed by atoms with E-state index in [-0.39, 0.29) is 5.91 Å². The molecule has 2 saturated heterocycles. The number of likely N-dealkylation sites (tertiary alicyclic amines) is 2. The maximum atomic E-state index is 12.5. The summed E-state index contributed by atoms with van der Waals surface area (Å²) < 4.78 is 0.984. The van der Waals surface area contributed by atoms with Gasteiger partial charge in [-0.3, -0.25) is 9.69 Å². The smallest absolute Gasteiger partial charge is 0.253 e. The second kappa shape index (κ2) is 6.20. The van der Waals surface area contributed by atoms with E-state index < -0.39 is 0 Å². The molecule has 1 unspecified atom stereocenters. The van der Waals surface area contributed by atoms with Crippen LogP contribution in [0.3, 0.4) is 0 Å². The Labute approximate surface area is 138 Å². The van der Waals surface area contributed by atoms with E-state index in [4.69, 9.17) is 11.6 Å². The van der Waals surface area contributed by atoms with Crippen LogP contribution in [0.2, 0.25) is 5.02 Å². The van der Waals surface area contributed by atoms with Crippen molar-refractivity contribution in [2.24, 2.45) is 0 Å². The molecule has 3 nitrogen and oxygen atoms in total. The van der Waals surface area contributed by atoms with Gasteiger partial charge in [-0.05, 0) is 73.1 Å². The fourth-order valence-electron chi connectivity index (χ4n) is 3.14. The number of hydrogen-bond donors (Lipinski definition) is 0. The van der Waals surface area contributed by atoms with E-state index in [9.17, 15) is 4.79 Å². The van der Waals surface area contributed by atoms with Gasteiger partial charge >= 0.3 is 0 Å². The molecule has 1 atom stereocenters.